The van der Waals surface area contributed by atoms with Crippen molar-refractivity contribution in [3.8, 4) is 11.7 Å². The Morgan fingerprint density at radius 3 is 2.66 bits per heavy atom. The van der Waals surface area contributed by atoms with E-state index in [1.165, 1.54) is 12.8 Å². The number of halogens is 1. The fourth-order valence-corrected chi connectivity index (χ4v) is 4.27. The number of likely N-dealkylation sites (tertiary alicyclic amines) is 1. The number of furan rings is 1. The highest BCUT2D eigenvalue weighted by molar-refractivity contribution is 6.32. The molecule has 0 unspecified atom stereocenters. The number of carbonyl (C=O) groups excluding carboxylic acids is 1. The molecule has 156 valence electrons. The lowest BCUT2D eigenvalue weighted by Gasteiger charge is -2.40. The molecule has 7 heteroatoms. The fraction of sp³-hybridized carbons (Fsp3) is 0.500. The second-order valence-corrected chi connectivity index (χ2v) is 8.34. The Morgan fingerprint density at radius 2 is 1.90 bits per heavy atom. The molecule has 2 saturated heterocycles. The third-order valence-corrected chi connectivity index (χ3v) is 6.10. The number of para-hydroxylation sites is 1. The largest absolute Gasteiger partial charge is 0.424 e. The second kappa shape index (κ2) is 9.20. The van der Waals surface area contributed by atoms with Crippen molar-refractivity contribution >= 4 is 17.5 Å². The average molecular weight is 419 g/mol. The fourth-order valence-electron chi connectivity index (χ4n) is 4.10. The quantitative estimate of drug-likeness (QED) is 0.724. The normalized spacial score (nSPS) is 19.2. The monoisotopic (exact) mass is 418 g/mol. The summed E-state index contributed by atoms with van der Waals surface area (Å²) in [4.78, 5) is 15.2. The van der Waals surface area contributed by atoms with Crippen molar-refractivity contribution in [2.24, 2.45) is 5.41 Å². The van der Waals surface area contributed by atoms with E-state index in [2.05, 4.69) is 10.2 Å². The summed E-state index contributed by atoms with van der Waals surface area (Å²) in [6.07, 6.45) is 4.45. The van der Waals surface area contributed by atoms with Gasteiger partial charge in [-0.3, -0.25) is 4.79 Å². The lowest BCUT2D eigenvalue weighted by molar-refractivity contribution is -0.000761. The first-order valence-electron chi connectivity index (χ1n) is 10.2. The van der Waals surface area contributed by atoms with Gasteiger partial charge in [-0.15, -0.1) is 0 Å². The molecule has 3 heterocycles. The Hall–Kier alpha value is -2.02. The van der Waals surface area contributed by atoms with Gasteiger partial charge in [0.25, 0.3) is 11.9 Å². The third kappa shape index (κ3) is 5.13. The van der Waals surface area contributed by atoms with E-state index in [1.807, 2.05) is 12.1 Å². The molecule has 29 heavy (non-hydrogen) atoms. The molecule has 1 aromatic heterocycles. The summed E-state index contributed by atoms with van der Waals surface area (Å²) in [5, 5.41) is 3.56. The van der Waals surface area contributed by atoms with Crippen LogP contribution in [0.1, 0.15) is 36.2 Å². The molecule has 2 fully saturated rings. The van der Waals surface area contributed by atoms with Gasteiger partial charge in [0.15, 0.2) is 5.76 Å². The zero-order chi connectivity index (χ0) is 20.1. The van der Waals surface area contributed by atoms with E-state index in [0.29, 0.717) is 17.3 Å². The predicted octanol–water partition coefficient (Wildman–Crippen LogP) is 4.35. The predicted molar refractivity (Wildman–Crippen MR) is 111 cm³/mol. The summed E-state index contributed by atoms with van der Waals surface area (Å²) in [5.74, 6) is 0.727. The number of hydrogen-bond acceptors (Lipinski definition) is 5. The van der Waals surface area contributed by atoms with E-state index in [1.54, 1.807) is 24.3 Å². The zero-order valence-corrected chi connectivity index (χ0v) is 17.2. The number of hydrogen-bond donors (Lipinski definition) is 1. The Kier molecular flexibility index (Phi) is 6.43. The van der Waals surface area contributed by atoms with Gasteiger partial charge >= 0.3 is 0 Å². The van der Waals surface area contributed by atoms with Crippen LogP contribution in [0.2, 0.25) is 5.02 Å². The van der Waals surface area contributed by atoms with Crippen molar-refractivity contribution in [2.45, 2.75) is 25.7 Å². The number of carbonyl (C=O) groups is 1. The molecule has 6 nitrogen and oxygen atoms in total. The summed E-state index contributed by atoms with van der Waals surface area (Å²) in [6.45, 7) is 5.43. The van der Waals surface area contributed by atoms with Gasteiger partial charge in [0, 0.05) is 37.8 Å². The average Bonchev–Trinajstić information content (AvgIpc) is 3.41. The van der Waals surface area contributed by atoms with E-state index in [9.17, 15) is 4.79 Å². The number of nitrogens with zero attached hydrogens (tertiary/aromatic N) is 1. The molecule has 0 bridgehead atoms. The van der Waals surface area contributed by atoms with Crippen LogP contribution in [0.4, 0.5) is 0 Å². The summed E-state index contributed by atoms with van der Waals surface area (Å²) in [5.41, 5.74) is 0.0573. The SMILES string of the molecule is O=C(NCC1(CN2CCCC2)CCOCC1)c1ccc(Oc2ccccc2Cl)o1. The van der Waals surface area contributed by atoms with Crippen molar-refractivity contribution in [3.05, 3.63) is 47.2 Å². The number of amides is 1. The van der Waals surface area contributed by atoms with Gasteiger partial charge in [0.05, 0.1) is 5.02 Å². The minimum atomic E-state index is -0.230. The van der Waals surface area contributed by atoms with Gasteiger partial charge in [-0.05, 0) is 57.0 Å². The van der Waals surface area contributed by atoms with E-state index < -0.39 is 0 Å². The van der Waals surface area contributed by atoms with Gasteiger partial charge in [0.1, 0.15) is 5.75 Å². The molecule has 2 aromatic rings. The Labute approximate surface area is 176 Å². The van der Waals surface area contributed by atoms with Crippen molar-refractivity contribution < 1.29 is 18.7 Å². The van der Waals surface area contributed by atoms with Crippen molar-refractivity contribution in [3.63, 3.8) is 0 Å². The highest BCUT2D eigenvalue weighted by Crippen LogP contribution is 2.33. The van der Waals surface area contributed by atoms with Gasteiger partial charge < -0.3 is 24.1 Å². The van der Waals surface area contributed by atoms with Crippen LogP contribution in [0.3, 0.4) is 0 Å². The summed E-state index contributed by atoms with van der Waals surface area (Å²) in [7, 11) is 0. The molecule has 2 aliphatic heterocycles. The van der Waals surface area contributed by atoms with Crippen molar-refractivity contribution in [2.75, 3.05) is 39.4 Å². The Morgan fingerprint density at radius 1 is 1.14 bits per heavy atom. The van der Waals surface area contributed by atoms with Crippen molar-refractivity contribution in [1.29, 1.82) is 0 Å². The molecular formula is C22H27ClN2O4. The number of rotatable bonds is 7. The molecule has 0 atom stereocenters. The Balaban J connectivity index is 1.36. The molecule has 0 aliphatic carbocycles. The van der Waals surface area contributed by atoms with Gasteiger partial charge in [-0.25, -0.2) is 0 Å². The standard InChI is InChI=1S/C22H27ClN2O4/c23-17-5-1-2-6-18(17)28-20-8-7-19(29-20)21(26)24-15-22(9-13-27-14-10-22)16-25-11-3-4-12-25/h1-2,5-8H,3-4,9-16H2,(H,24,26). The summed E-state index contributed by atoms with van der Waals surface area (Å²) >= 11 is 6.10. The van der Waals surface area contributed by atoms with Gasteiger partial charge in [-0.2, -0.15) is 0 Å². The van der Waals surface area contributed by atoms with Crippen LogP contribution in [0.15, 0.2) is 40.8 Å². The lowest BCUT2D eigenvalue weighted by atomic mass is 9.79. The molecule has 1 amide bonds. The molecule has 1 N–H and O–H groups in total. The second-order valence-electron chi connectivity index (χ2n) is 7.93. The van der Waals surface area contributed by atoms with E-state index in [0.717, 1.165) is 45.7 Å². The smallest absolute Gasteiger partial charge is 0.290 e. The maximum absolute atomic E-state index is 12.7. The van der Waals surface area contributed by atoms with Gasteiger partial charge in [-0.1, -0.05) is 23.7 Å². The molecule has 4 rings (SSSR count). The number of benzene rings is 1. The van der Waals surface area contributed by atoms with Crippen LogP contribution in [-0.2, 0) is 4.74 Å². The maximum Gasteiger partial charge on any atom is 0.290 e. The Bertz CT molecular complexity index is 826. The van der Waals surface area contributed by atoms with Crippen LogP contribution in [0, 0.1) is 5.41 Å². The zero-order valence-electron chi connectivity index (χ0n) is 16.5. The van der Waals surface area contributed by atoms with E-state index >= 15 is 0 Å². The van der Waals surface area contributed by atoms with E-state index in [4.69, 9.17) is 25.5 Å². The third-order valence-electron chi connectivity index (χ3n) is 5.79. The first-order chi connectivity index (χ1) is 14.1. The first-order valence-corrected chi connectivity index (χ1v) is 10.6. The van der Waals surface area contributed by atoms with E-state index in [-0.39, 0.29) is 23.0 Å². The lowest BCUT2D eigenvalue weighted by Crippen LogP contribution is -2.48. The minimum Gasteiger partial charge on any atom is -0.424 e. The summed E-state index contributed by atoms with van der Waals surface area (Å²) < 4.78 is 16.8. The van der Waals surface area contributed by atoms with Crippen LogP contribution in [0.25, 0.3) is 0 Å². The number of ether oxygens (including phenoxy) is 2. The molecule has 0 spiro atoms. The van der Waals surface area contributed by atoms with Crippen molar-refractivity contribution in [1.82, 2.24) is 10.2 Å². The highest BCUT2D eigenvalue weighted by Gasteiger charge is 2.35. The molecule has 2 aliphatic rings. The number of nitrogens with one attached hydrogen (secondary N) is 1. The molecular weight excluding hydrogens is 392 g/mol. The van der Waals surface area contributed by atoms with Crippen LogP contribution >= 0.6 is 11.6 Å². The van der Waals surface area contributed by atoms with Crippen LogP contribution in [-0.4, -0.2) is 50.2 Å². The van der Waals surface area contributed by atoms with Gasteiger partial charge in [0.2, 0.25) is 0 Å². The maximum atomic E-state index is 12.7. The first kappa shape index (κ1) is 20.3. The minimum absolute atomic E-state index is 0.0573. The van der Waals surface area contributed by atoms with Crippen LogP contribution in [0.5, 0.6) is 11.7 Å². The summed E-state index contributed by atoms with van der Waals surface area (Å²) in [6, 6.07) is 10.4. The highest BCUT2D eigenvalue weighted by atomic mass is 35.5. The topological polar surface area (TPSA) is 63.9 Å². The molecule has 0 saturated carbocycles. The molecule has 1 aromatic carbocycles. The van der Waals surface area contributed by atoms with Crippen LogP contribution < -0.4 is 10.1 Å². The molecule has 0 radical (unpaired) electrons.